The first-order valence-electron chi connectivity index (χ1n) is 7.18. The van der Waals surface area contributed by atoms with Crippen LogP contribution in [0, 0.1) is 11.3 Å². The molecule has 1 aromatic carbocycles. The number of alkyl halides is 3. The minimum absolute atomic E-state index is 0.0493. The van der Waals surface area contributed by atoms with E-state index in [0.717, 1.165) is 24.4 Å². The summed E-state index contributed by atoms with van der Waals surface area (Å²) < 4.78 is 43.3. The highest BCUT2D eigenvalue weighted by Crippen LogP contribution is 2.33. The second kappa shape index (κ2) is 5.89. The quantitative estimate of drug-likeness (QED) is 0.749. The van der Waals surface area contributed by atoms with Crippen LogP contribution in [0.25, 0.3) is 10.9 Å². The minimum atomic E-state index is -4.44. The highest BCUT2D eigenvalue weighted by molar-refractivity contribution is 5.91. The Morgan fingerprint density at radius 3 is 2.62 bits per heavy atom. The lowest BCUT2D eigenvalue weighted by atomic mass is 10.1. The third kappa shape index (κ3) is 2.91. The molecule has 0 fully saturated rings. The van der Waals surface area contributed by atoms with Crippen LogP contribution >= 0.6 is 0 Å². The van der Waals surface area contributed by atoms with Gasteiger partial charge in [-0.2, -0.15) is 18.4 Å². The molecule has 0 radical (unpaired) electrons. The maximum atomic E-state index is 12.6. The van der Waals surface area contributed by atoms with Gasteiger partial charge < -0.3 is 9.72 Å². The molecule has 0 spiro atoms. The van der Waals surface area contributed by atoms with Gasteiger partial charge >= 0.3 is 6.18 Å². The van der Waals surface area contributed by atoms with Crippen molar-refractivity contribution < 1.29 is 17.9 Å². The first-order chi connectivity index (χ1) is 11.4. The number of ether oxygens (including phenoxy) is 1. The summed E-state index contributed by atoms with van der Waals surface area (Å²) in [5, 5.41) is 9.86. The zero-order valence-corrected chi connectivity index (χ0v) is 12.6. The average Bonchev–Trinajstić information content (AvgIpc) is 2.99. The number of aromatic amines is 1. The van der Waals surface area contributed by atoms with Crippen molar-refractivity contribution in [3.63, 3.8) is 0 Å². The van der Waals surface area contributed by atoms with E-state index in [1.165, 1.54) is 6.07 Å². The molecule has 0 amide bonds. The molecule has 4 nitrogen and oxygen atoms in total. The number of aromatic nitrogens is 2. The Morgan fingerprint density at radius 1 is 1.25 bits per heavy atom. The van der Waals surface area contributed by atoms with E-state index in [-0.39, 0.29) is 5.88 Å². The van der Waals surface area contributed by atoms with Crippen LogP contribution in [0.5, 0.6) is 11.6 Å². The molecule has 0 saturated heterocycles. The molecule has 3 rings (SSSR count). The Morgan fingerprint density at radius 2 is 2.04 bits per heavy atom. The van der Waals surface area contributed by atoms with Gasteiger partial charge in [-0.3, -0.25) is 0 Å². The fourth-order valence-corrected chi connectivity index (χ4v) is 2.34. The van der Waals surface area contributed by atoms with Crippen LogP contribution in [0.15, 0.2) is 36.5 Å². The van der Waals surface area contributed by atoms with Crippen LogP contribution in [0.2, 0.25) is 0 Å². The van der Waals surface area contributed by atoms with Crippen LogP contribution in [-0.4, -0.2) is 9.97 Å². The predicted octanol–water partition coefficient (Wildman–Crippen LogP) is 4.81. The van der Waals surface area contributed by atoms with Gasteiger partial charge in [-0.1, -0.05) is 6.92 Å². The summed E-state index contributed by atoms with van der Waals surface area (Å²) in [6.45, 7) is 1.97. The maximum Gasteiger partial charge on any atom is 0.417 e. The topological polar surface area (TPSA) is 61.7 Å². The van der Waals surface area contributed by atoms with Crippen molar-refractivity contribution in [2.24, 2.45) is 0 Å². The molecule has 3 aromatic rings. The molecule has 0 aliphatic rings. The largest absolute Gasteiger partial charge is 0.438 e. The summed E-state index contributed by atoms with van der Waals surface area (Å²) in [7, 11) is 0. The van der Waals surface area contributed by atoms with Crippen LogP contribution in [0.3, 0.4) is 0 Å². The summed E-state index contributed by atoms with van der Waals surface area (Å²) in [6.07, 6.45) is -2.97. The van der Waals surface area contributed by atoms with E-state index >= 15 is 0 Å². The van der Waals surface area contributed by atoms with Gasteiger partial charge in [-0.25, -0.2) is 4.98 Å². The van der Waals surface area contributed by atoms with Crippen molar-refractivity contribution in [2.75, 3.05) is 0 Å². The first kappa shape index (κ1) is 15.9. The van der Waals surface area contributed by atoms with E-state index in [4.69, 9.17) is 4.74 Å². The number of aryl methyl sites for hydroxylation is 1. The Bertz CT molecular complexity index is 921. The molecule has 0 saturated carbocycles. The van der Waals surface area contributed by atoms with Gasteiger partial charge in [0.15, 0.2) is 0 Å². The Hall–Kier alpha value is -3.01. The highest BCUT2D eigenvalue weighted by atomic mass is 19.4. The molecule has 0 unspecified atom stereocenters. The zero-order valence-electron chi connectivity index (χ0n) is 12.6. The van der Waals surface area contributed by atoms with Gasteiger partial charge in [-0.05, 0) is 30.7 Å². The summed E-state index contributed by atoms with van der Waals surface area (Å²) in [5.41, 5.74) is 1.20. The second-order valence-electron chi connectivity index (χ2n) is 5.14. The van der Waals surface area contributed by atoms with Crippen LogP contribution in [0.4, 0.5) is 13.2 Å². The van der Waals surface area contributed by atoms with Crippen molar-refractivity contribution in [3.05, 3.63) is 53.3 Å². The van der Waals surface area contributed by atoms with Crippen molar-refractivity contribution in [2.45, 2.75) is 19.5 Å². The van der Waals surface area contributed by atoms with Gasteiger partial charge in [0, 0.05) is 23.3 Å². The summed E-state index contributed by atoms with van der Waals surface area (Å²) in [4.78, 5) is 6.85. The number of nitrogens with zero attached hydrogens (tertiary/aromatic N) is 2. The van der Waals surface area contributed by atoms with Gasteiger partial charge in [0.25, 0.3) is 0 Å². The number of halogens is 3. The molecule has 0 aliphatic heterocycles. The van der Waals surface area contributed by atoms with E-state index in [1.807, 2.05) is 13.0 Å². The molecule has 2 heterocycles. The number of hydrogen-bond donors (Lipinski definition) is 1. The molecule has 24 heavy (non-hydrogen) atoms. The van der Waals surface area contributed by atoms with Crippen molar-refractivity contribution >= 4 is 10.9 Å². The molecule has 1 N–H and O–H groups in total. The van der Waals surface area contributed by atoms with Gasteiger partial charge in [0.05, 0.1) is 16.6 Å². The summed E-state index contributed by atoms with van der Waals surface area (Å²) >= 11 is 0. The molecule has 7 heteroatoms. The molecule has 0 atom stereocenters. The molecule has 122 valence electrons. The van der Waals surface area contributed by atoms with Crippen LogP contribution in [0.1, 0.15) is 23.7 Å². The normalized spacial score (nSPS) is 11.5. The number of H-pyrrole nitrogens is 1. The molecular weight excluding hydrogens is 319 g/mol. The Labute approximate surface area is 135 Å². The van der Waals surface area contributed by atoms with Crippen molar-refractivity contribution in [3.8, 4) is 17.7 Å². The lowest BCUT2D eigenvalue weighted by Gasteiger charge is -2.09. The van der Waals surface area contributed by atoms with Gasteiger partial charge in [-0.15, -0.1) is 0 Å². The second-order valence-corrected chi connectivity index (χ2v) is 5.14. The van der Waals surface area contributed by atoms with E-state index in [2.05, 4.69) is 16.0 Å². The van der Waals surface area contributed by atoms with Crippen LogP contribution in [-0.2, 0) is 12.6 Å². The standard InChI is InChI=1S/C17H12F3N3O/c1-2-12-7-13-14(5-3-10(8-21)16(13)23-12)24-15-6-4-11(9-22-15)17(18,19)20/h3-7,9,23H,2H2,1H3. The number of nitriles is 1. The lowest BCUT2D eigenvalue weighted by Crippen LogP contribution is -2.05. The smallest absolute Gasteiger partial charge is 0.417 e. The van der Waals surface area contributed by atoms with Gasteiger partial charge in [0.1, 0.15) is 11.8 Å². The number of nitrogens with one attached hydrogen (secondary N) is 1. The van der Waals surface area contributed by atoms with E-state index in [9.17, 15) is 18.4 Å². The molecule has 2 aromatic heterocycles. The number of benzene rings is 1. The predicted molar refractivity (Wildman–Crippen MR) is 81.7 cm³/mol. The summed E-state index contributed by atoms with van der Waals surface area (Å²) in [6, 6.07) is 9.23. The monoisotopic (exact) mass is 331 g/mol. The highest BCUT2D eigenvalue weighted by Gasteiger charge is 2.30. The SMILES string of the molecule is CCc1cc2c(Oc3ccc(C(F)(F)F)cn3)ccc(C#N)c2[nH]1. The molecule has 0 bridgehead atoms. The number of rotatable bonds is 3. The van der Waals surface area contributed by atoms with E-state index in [1.54, 1.807) is 12.1 Å². The minimum Gasteiger partial charge on any atom is -0.438 e. The van der Waals surface area contributed by atoms with E-state index in [0.29, 0.717) is 22.2 Å². The molecule has 0 aliphatic carbocycles. The number of pyridine rings is 1. The van der Waals surface area contributed by atoms with Gasteiger partial charge in [0.2, 0.25) is 5.88 Å². The maximum absolute atomic E-state index is 12.6. The Kier molecular flexibility index (Phi) is 3.89. The van der Waals surface area contributed by atoms with Crippen molar-refractivity contribution in [1.29, 1.82) is 5.26 Å². The average molecular weight is 331 g/mol. The van der Waals surface area contributed by atoms with E-state index < -0.39 is 11.7 Å². The zero-order chi connectivity index (χ0) is 17.3. The number of hydrogen-bond acceptors (Lipinski definition) is 3. The number of fused-ring (bicyclic) bond motifs is 1. The third-order valence-corrected chi connectivity index (χ3v) is 3.59. The molecular formula is C17H12F3N3O. The van der Waals surface area contributed by atoms with Crippen LogP contribution < -0.4 is 4.74 Å². The van der Waals surface area contributed by atoms with Crippen molar-refractivity contribution in [1.82, 2.24) is 9.97 Å². The third-order valence-electron chi connectivity index (χ3n) is 3.59. The lowest BCUT2D eigenvalue weighted by molar-refractivity contribution is -0.137. The summed E-state index contributed by atoms with van der Waals surface area (Å²) in [5.74, 6) is 0.473. The first-order valence-corrected chi connectivity index (χ1v) is 7.18. The fraction of sp³-hybridized carbons (Fsp3) is 0.176. The fourth-order valence-electron chi connectivity index (χ4n) is 2.34. The Balaban J connectivity index is 1.98.